The Bertz CT molecular complexity index is 699. The molecule has 0 unspecified atom stereocenters. The molecule has 0 atom stereocenters. The van der Waals surface area contributed by atoms with E-state index in [1.165, 1.54) is 11.1 Å². The third-order valence-electron chi connectivity index (χ3n) is 3.86. The topological polar surface area (TPSA) is 34.0 Å². The fourth-order valence-corrected chi connectivity index (χ4v) is 2.38. The molecule has 0 aliphatic carbocycles. The lowest BCUT2D eigenvalue weighted by atomic mass is 10.1. The first-order valence-electron chi connectivity index (χ1n) is 7.42. The van der Waals surface area contributed by atoms with Crippen LogP contribution in [0.3, 0.4) is 0 Å². The van der Waals surface area contributed by atoms with E-state index in [1.54, 1.807) is 6.07 Å². The largest absolute Gasteiger partial charge is 0.320 e. The molecule has 0 saturated carbocycles. The summed E-state index contributed by atoms with van der Waals surface area (Å²) in [4.78, 5) is 12.1. The van der Waals surface area contributed by atoms with Gasteiger partial charge in [0, 0.05) is 41.8 Å². The quantitative estimate of drug-likeness (QED) is 0.935. The van der Waals surface area contributed by atoms with Gasteiger partial charge in [-0.2, -0.15) is 0 Å². The smallest absolute Gasteiger partial charge is 0.186 e. The molecule has 3 nitrogen and oxygen atoms in total. The summed E-state index contributed by atoms with van der Waals surface area (Å²) in [5.74, 6) is 0. The second-order valence-electron chi connectivity index (χ2n) is 5.93. The number of rotatable bonds is 4. The van der Waals surface area contributed by atoms with E-state index in [9.17, 15) is 4.79 Å². The fourth-order valence-electron chi connectivity index (χ4n) is 2.38. The second kappa shape index (κ2) is 6.27. The molecule has 0 aliphatic rings. The number of benzene rings is 1. The first-order chi connectivity index (χ1) is 9.90. The maximum Gasteiger partial charge on any atom is 0.186 e. The summed E-state index contributed by atoms with van der Waals surface area (Å²) in [6, 6.07) is 8.34. The molecule has 0 spiro atoms. The van der Waals surface area contributed by atoms with Crippen LogP contribution in [0.2, 0.25) is 0 Å². The van der Waals surface area contributed by atoms with Crippen molar-refractivity contribution in [1.82, 2.24) is 9.88 Å². The molecule has 0 aliphatic heterocycles. The maximum absolute atomic E-state index is 12.1. The monoisotopic (exact) mass is 284 g/mol. The lowest BCUT2D eigenvalue weighted by molar-refractivity contribution is 0.585. The molecular weight excluding hydrogens is 260 g/mol. The second-order valence-corrected chi connectivity index (χ2v) is 5.93. The number of nitrogens with zero attached hydrogens (tertiary/aromatic N) is 1. The van der Waals surface area contributed by atoms with E-state index in [-0.39, 0.29) is 5.43 Å². The van der Waals surface area contributed by atoms with Crippen molar-refractivity contribution in [2.75, 3.05) is 0 Å². The number of aromatic nitrogens is 1. The number of hydrogen-bond donors (Lipinski definition) is 1. The minimum atomic E-state index is 0.0993. The van der Waals surface area contributed by atoms with Crippen LogP contribution in [0.4, 0.5) is 0 Å². The Kier molecular flexibility index (Phi) is 4.63. The molecule has 21 heavy (non-hydrogen) atoms. The Labute approximate surface area is 126 Å². The Hall–Kier alpha value is -1.87. The third-order valence-corrected chi connectivity index (χ3v) is 3.86. The molecular formula is C18H24N2O. The van der Waals surface area contributed by atoms with E-state index in [0.717, 1.165) is 16.9 Å². The Morgan fingerprint density at radius 3 is 2.57 bits per heavy atom. The van der Waals surface area contributed by atoms with Crippen LogP contribution in [0, 0.1) is 20.8 Å². The van der Waals surface area contributed by atoms with Gasteiger partial charge in [0.25, 0.3) is 0 Å². The molecule has 2 aromatic rings. The predicted molar refractivity (Wildman–Crippen MR) is 88.2 cm³/mol. The van der Waals surface area contributed by atoms with E-state index in [0.29, 0.717) is 12.6 Å². The molecule has 1 heterocycles. The highest BCUT2D eigenvalue weighted by molar-refractivity contribution is 5.46. The Morgan fingerprint density at radius 1 is 1.19 bits per heavy atom. The summed E-state index contributed by atoms with van der Waals surface area (Å²) in [6.07, 6.45) is 1.97. The molecule has 0 fully saturated rings. The van der Waals surface area contributed by atoms with Gasteiger partial charge in [-0.05, 0) is 38.0 Å². The van der Waals surface area contributed by atoms with Crippen LogP contribution < -0.4 is 10.7 Å². The van der Waals surface area contributed by atoms with Gasteiger partial charge in [0.15, 0.2) is 5.43 Å². The van der Waals surface area contributed by atoms with Crippen molar-refractivity contribution in [1.29, 1.82) is 0 Å². The number of pyridine rings is 1. The first kappa shape index (κ1) is 15.5. The Morgan fingerprint density at radius 2 is 1.90 bits per heavy atom. The van der Waals surface area contributed by atoms with Gasteiger partial charge >= 0.3 is 0 Å². The van der Waals surface area contributed by atoms with Gasteiger partial charge in [0.2, 0.25) is 0 Å². The van der Waals surface area contributed by atoms with Gasteiger partial charge < -0.3 is 9.88 Å². The van der Waals surface area contributed by atoms with E-state index < -0.39 is 0 Å². The highest BCUT2D eigenvalue weighted by Crippen LogP contribution is 2.19. The average Bonchev–Trinajstić information content (AvgIpc) is 2.41. The number of hydrogen-bond acceptors (Lipinski definition) is 2. The molecule has 1 N–H and O–H groups in total. The highest BCUT2D eigenvalue weighted by atomic mass is 16.1. The standard InChI is InChI=1S/C18H24N2O/c1-12(2)19-10-16-11-20(14(4)9-18(16)21)17-8-6-7-13(3)15(17)5/h6-9,11-12,19H,10H2,1-5H3. The van der Waals surface area contributed by atoms with Crippen molar-refractivity contribution >= 4 is 0 Å². The summed E-state index contributed by atoms with van der Waals surface area (Å²) in [7, 11) is 0. The summed E-state index contributed by atoms with van der Waals surface area (Å²) >= 11 is 0. The van der Waals surface area contributed by atoms with Gasteiger partial charge in [0.1, 0.15) is 0 Å². The van der Waals surface area contributed by atoms with Crippen molar-refractivity contribution in [3.05, 3.63) is 63.1 Å². The minimum Gasteiger partial charge on any atom is -0.320 e. The van der Waals surface area contributed by atoms with Gasteiger partial charge in [-0.25, -0.2) is 0 Å². The lowest BCUT2D eigenvalue weighted by Gasteiger charge is -2.17. The molecule has 3 heteroatoms. The molecule has 0 bridgehead atoms. The van der Waals surface area contributed by atoms with Crippen molar-refractivity contribution in [2.45, 2.75) is 47.2 Å². The SMILES string of the molecule is Cc1cccc(-n2cc(CNC(C)C)c(=O)cc2C)c1C. The van der Waals surface area contributed by atoms with Crippen molar-refractivity contribution in [2.24, 2.45) is 0 Å². The minimum absolute atomic E-state index is 0.0993. The van der Waals surface area contributed by atoms with E-state index >= 15 is 0 Å². The van der Waals surface area contributed by atoms with Gasteiger partial charge in [-0.3, -0.25) is 4.79 Å². The van der Waals surface area contributed by atoms with Gasteiger partial charge in [0.05, 0.1) is 0 Å². The Balaban J connectivity index is 2.51. The molecule has 0 radical (unpaired) electrons. The maximum atomic E-state index is 12.1. The fraction of sp³-hybridized carbons (Fsp3) is 0.389. The molecule has 1 aromatic heterocycles. The van der Waals surface area contributed by atoms with E-state index in [1.807, 2.05) is 13.1 Å². The van der Waals surface area contributed by atoms with Crippen LogP contribution >= 0.6 is 0 Å². The lowest BCUT2D eigenvalue weighted by Crippen LogP contribution is -2.26. The van der Waals surface area contributed by atoms with Crippen molar-refractivity contribution in [3.63, 3.8) is 0 Å². The van der Waals surface area contributed by atoms with Crippen LogP contribution in [-0.2, 0) is 6.54 Å². The van der Waals surface area contributed by atoms with Crippen LogP contribution in [-0.4, -0.2) is 10.6 Å². The normalized spacial score (nSPS) is 11.1. The van der Waals surface area contributed by atoms with Gasteiger partial charge in [-0.1, -0.05) is 26.0 Å². The zero-order valence-corrected chi connectivity index (χ0v) is 13.5. The van der Waals surface area contributed by atoms with E-state index in [4.69, 9.17) is 0 Å². The molecule has 112 valence electrons. The summed E-state index contributed by atoms with van der Waals surface area (Å²) < 4.78 is 2.11. The molecule has 2 rings (SSSR count). The van der Waals surface area contributed by atoms with Crippen LogP contribution in [0.1, 0.15) is 36.2 Å². The van der Waals surface area contributed by atoms with Crippen molar-refractivity contribution in [3.8, 4) is 5.69 Å². The van der Waals surface area contributed by atoms with Gasteiger partial charge in [-0.15, -0.1) is 0 Å². The average molecular weight is 284 g/mol. The zero-order valence-electron chi connectivity index (χ0n) is 13.5. The molecule has 0 amide bonds. The highest BCUT2D eigenvalue weighted by Gasteiger charge is 2.09. The molecule has 1 aromatic carbocycles. The number of nitrogens with one attached hydrogen (secondary N) is 1. The summed E-state index contributed by atoms with van der Waals surface area (Å²) in [5.41, 5.74) is 5.50. The first-order valence-corrected chi connectivity index (χ1v) is 7.42. The van der Waals surface area contributed by atoms with Crippen LogP contribution in [0.25, 0.3) is 5.69 Å². The predicted octanol–water partition coefficient (Wildman–Crippen LogP) is 3.26. The van der Waals surface area contributed by atoms with Crippen LogP contribution in [0.15, 0.2) is 35.3 Å². The van der Waals surface area contributed by atoms with Crippen molar-refractivity contribution < 1.29 is 0 Å². The third kappa shape index (κ3) is 3.42. The summed E-state index contributed by atoms with van der Waals surface area (Å²) in [6.45, 7) is 11.0. The summed E-state index contributed by atoms with van der Waals surface area (Å²) in [5, 5.41) is 3.31. The molecule has 0 saturated heterocycles. The zero-order chi connectivity index (χ0) is 15.6. The number of aryl methyl sites for hydroxylation is 2. The van der Waals surface area contributed by atoms with E-state index in [2.05, 4.69) is 55.8 Å². The van der Waals surface area contributed by atoms with Crippen LogP contribution in [0.5, 0.6) is 0 Å².